The molecule has 4 rings (SSSR count). The number of hydrogen-bond acceptors (Lipinski definition) is 9. The van der Waals surface area contributed by atoms with Gasteiger partial charge in [0.15, 0.2) is 11.6 Å². The molecule has 1 fully saturated rings. The van der Waals surface area contributed by atoms with Crippen LogP contribution in [0.25, 0.3) is 10.9 Å². The number of rotatable bonds is 9. The van der Waals surface area contributed by atoms with Crippen LogP contribution in [0.3, 0.4) is 0 Å². The smallest absolute Gasteiger partial charge is 0.257 e. The molecule has 0 aliphatic carbocycles. The molecule has 1 N–H and O–H groups in total. The summed E-state index contributed by atoms with van der Waals surface area (Å²) in [5.74, 6) is 1.72. The monoisotopic (exact) mass is 484 g/mol. The van der Waals surface area contributed by atoms with E-state index in [4.69, 9.17) is 16.3 Å². The summed E-state index contributed by atoms with van der Waals surface area (Å²) in [6, 6.07) is 5.54. The normalized spacial score (nSPS) is 14.4. The zero-order chi connectivity index (χ0) is 24.1. The molecule has 34 heavy (non-hydrogen) atoms. The summed E-state index contributed by atoms with van der Waals surface area (Å²) >= 11 is 6.12. The van der Waals surface area contributed by atoms with Gasteiger partial charge in [0.25, 0.3) is 5.88 Å². The number of halogens is 1. The second kappa shape index (κ2) is 10.9. The van der Waals surface area contributed by atoms with Crippen molar-refractivity contribution < 1.29 is 14.6 Å². The number of aliphatic hydroxyl groups excluding tert-OH is 1. The summed E-state index contributed by atoms with van der Waals surface area (Å²) in [6.07, 6.45) is 4.96. The van der Waals surface area contributed by atoms with Gasteiger partial charge in [-0.1, -0.05) is 11.6 Å². The fourth-order valence-corrected chi connectivity index (χ4v) is 4.13. The van der Waals surface area contributed by atoms with Gasteiger partial charge in [-0.05, 0) is 43.9 Å². The van der Waals surface area contributed by atoms with Gasteiger partial charge in [-0.25, -0.2) is 19.9 Å². The van der Waals surface area contributed by atoms with Gasteiger partial charge < -0.3 is 19.6 Å². The largest absolute Gasteiger partial charge is 0.473 e. The first-order chi connectivity index (χ1) is 16.5. The Morgan fingerprint density at radius 3 is 2.74 bits per heavy atom. The van der Waals surface area contributed by atoms with Crippen LogP contribution in [0.5, 0.6) is 5.88 Å². The predicted octanol–water partition coefficient (Wildman–Crippen LogP) is 3.39. The highest BCUT2D eigenvalue weighted by molar-refractivity contribution is 6.31. The third-order valence-electron chi connectivity index (χ3n) is 6.05. The van der Waals surface area contributed by atoms with E-state index in [0.717, 1.165) is 36.8 Å². The molecule has 180 valence electrons. The van der Waals surface area contributed by atoms with Crippen molar-refractivity contribution in [2.45, 2.75) is 26.7 Å². The Labute approximate surface area is 203 Å². The highest BCUT2D eigenvalue weighted by Gasteiger charge is 2.24. The van der Waals surface area contributed by atoms with E-state index in [-0.39, 0.29) is 12.4 Å². The molecule has 0 amide bonds. The molecule has 2 aromatic heterocycles. The zero-order valence-corrected chi connectivity index (χ0v) is 20.2. The van der Waals surface area contributed by atoms with Crippen LogP contribution in [0, 0.1) is 5.92 Å². The summed E-state index contributed by atoms with van der Waals surface area (Å²) in [4.78, 5) is 34.1. The van der Waals surface area contributed by atoms with Gasteiger partial charge in [0.05, 0.1) is 18.3 Å². The molecule has 1 aliphatic rings. The van der Waals surface area contributed by atoms with E-state index >= 15 is 0 Å². The van der Waals surface area contributed by atoms with E-state index < -0.39 is 0 Å². The molecule has 0 unspecified atom stereocenters. The van der Waals surface area contributed by atoms with Crippen molar-refractivity contribution in [1.29, 1.82) is 0 Å². The Kier molecular flexibility index (Phi) is 7.74. The van der Waals surface area contributed by atoms with Crippen LogP contribution in [0.1, 0.15) is 37.2 Å². The first-order valence-corrected chi connectivity index (χ1v) is 11.9. The lowest BCUT2D eigenvalue weighted by atomic mass is 9.98. The van der Waals surface area contributed by atoms with Crippen molar-refractivity contribution in [3.63, 3.8) is 0 Å². The first kappa shape index (κ1) is 24.1. The molecule has 0 radical (unpaired) electrons. The molecule has 0 spiro atoms. The van der Waals surface area contributed by atoms with Gasteiger partial charge in [0.1, 0.15) is 12.3 Å². The fourth-order valence-electron chi connectivity index (χ4n) is 3.96. The van der Waals surface area contributed by atoms with Crippen LogP contribution in [0.2, 0.25) is 5.02 Å². The van der Waals surface area contributed by atoms with E-state index in [1.54, 1.807) is 6.20 Å². The summed E-state index contributed by atoms with van der Waals surface area (Å²) in [7, 11) is 0. The van der Waals surface area contributed by atoms with Crippen molar-refractivity contribution in [2.75, 3.05) is 49.2 Å². The Balaban J connectivity index is 1.47. The van der Waals surface area contributed by atoms with Crippen molar-refractivity contribution >= 4 is 40.1 Å². The van der Waals surface area contributed by atoms with Gasteiger partial charge in [-0.15, -0.1) is 0 Å². The minimum Gasteiger partial charge on any atom is -0.473 e. The van der Waals surface area contributed by atoms with Crippen LogP contribution in [-0.2, 0) is 0 Å². The SMILES string of the molecule is CCN(CCOc1ncc(C(C)=O)nc1N1CCC(CO)CC1)c1ncc2ccc(Cl)cc2n1. The molecule has 0 saturated carbocycles. The zero-order valence-electron chi connectivity index (χ0n) is 19.4. The van der Waals surface area contributed by atoms with Crippen LogP contribution < -0.4 is 14.5 Å². The number of ether oxygens (including phenoxy) is 1. The van der Waals surface area contributed by atoms with Crippen molar-refractivity contribution in [1.82, 2.24) is 19.9 Å². The summed E-state index contributed by atoms with van der Waals surface area (Å²) in [5, 5.41) is 11.0. The fraction of sp³-hybridized carbons (Fsp3) is 0.458. The Hall–Kier alpha value is -3.04. The number of benzene rings is 1. The number of fused-ring (bicyclic) bond motifs is 1. The molecule has 1 saturated heterocycles. The van der Waals surface area contributed by atoms with Gasteiger partial charge in [0, 0.05) is 49.8 Å². The molecule has 3 aromatic rings. The number of carbonyl (C=O) groups excluding carboxylic acids is 1. The Morgan fingerprint density at radius 2 is 2.03 bits per heavy atom. The average Bonchev–Trinajstić information content (AvgIpc) is 2.86. The highest BCUT2D eigenvalue weighted by Crippen LogP contribution is 2.28. The van der Waals surface area contributed by atoms with E-state index in [0.29, 0.717) is 54.0 Å². The number of ketones is 1. The molecule has 10 heteroatoms. The maximum absolute atomic E-state index is 11.9. The second-order valence-electron chi connectivity index (χ2n) is 8.35. The molecule has 0 atom stereocenters. The quantitative estimate of drug-likeness (QED) is 0.457. The number of aliphatic hydroxyl groups is 1. The molecule has 0 bridgehead atoms. The number of likely N-dealkylation sites (N-methyl/N-ethyl adjacent to an activating group) is 1. The minimum atomic E-state index is -0.142. The summed E-state index contributed by atoms with van der Waals surface area (Å²) in [5.41, 5.74) is 1.10. The lowest BCUT2D eigenvalue weighted by molar-refractivity contribution is 0.101. The molecule has 3 heterocycles. The third kappa shape index (κ3) is 5.53. The lowest BCUT2D eigenvalue weighted by Gasteiger charge is -2.32. The molecular formula is C24H29ClN6O3. The maximum Gasteiger partial charge on any atom is 0.257 e. The second-order valence-corrected chi connectivity index (χ2v) is 8.79. The topological polar surface area (TPSA) is 105 Å². The van der Waals surface area contributed by atoms with E-state index in [1.807, 2.05) is 30.0 Å². The van der Waals surface area contributed by atoms with Crippen LogP contribution in [0.4, 0.5) is 11.8 Å². The standard InChI is InChI=1S/C24H29ClN6O3/c1-3-30(24-27-13-18-4-5-19(25)12-20(18)29-24)10-11-34-23-22(28-21(14-26-23)16(2)33)31-8-6-17(15-32)7-9-31/h4-5,12-14,17,32H,3,6-11,15H2,1-2H3. The van der Waals surface area contributed by atoms with Crippen LogP contribution >= 0.6 is 11.6 Å². The van der Waals surface area contributed by atoms with Crippen molar-refractivity contribution in [3.8, 4) is 5.88 Å². The Morgan fingerprint density at radius 1 is 1.24 bits per heavy atom. The number of Topliss-reactive ketones (excluding diaryl/α,β-unsaturated/α-hetero) is 1. The summed E-state index contributed by atoms with van der Waals surface area (Å²) in [6.45, 7) is 6.74. The van der Waals surface area contributed by atoms with Gasteiger partial charge in [0.2, 0.25) is 5.95 Å². The van der Waals surface area contributed by atoms with Crippen LogP contribution in [-0.4, -0.2) is 70.2 Å². The molecule has 1 aliphatic heterocycles. The molecule has 9 nitrogen and oxygen atoms in total. The van der Waals surface area contributed by atoms with E-state index in [1.165, 1.54) is 13.1 Å². The number of anilines is 2. The number of carbonyl (C=O) groups is 1. The number of aromatic nitrogens is 4. The van der Waals surface area contributed by atoms with E-state index in [2.05, 4.69) is 24.8 Å². The highest BCUT2D eigenvalue weighted by atomic mass is 35.5. The number of nitrogens with zero attached hydrogens (tertiary/aromatic N) is 6. The van der Waals surface area contributed by atoms with Crippen LogP contribution in [0.15, 0.2) is 30.6 Å². The molecule has 1 aromatic carbocycles. The minimum absolute atomic E-state index is 0.142. The predicted molar refractivity (Wildman–Crippen MR) is 132 cm³/mol. The third-order valence-corrected chi connectivity index (χ3v) is 6.29. The van der Waals surface area contributed by atoms with Crippen molar-refractivity contribution in [3.05, 3.63) is 41.3 Å². The van der Waals surface area contributed by atoms with E-state index in [9.17, 15) is 9.90 Å². The van der Waals surface area contributed by atoms with Gasteiger partial charge in [-0.3, -0.25) is 4.79 Å². The first-order valence-electron chi connectivity index (χ1n) is 11.5. The average molecular weight is 485 g/mol. The lowest BCUT2D eigenvalue weighted by Crippen LogP contribution is -2.36. The number of piperidine rings is 1. The summed E-state index contributed by atoms with van der Waals surface area (Å²) < 4.78 is 6.04. The van der Waals surface area contributed by atoms with Gasteiger partial charge in [-0.2, -0.15) is 0 Å². The number of hydrogen-bond donors (Lipinski definition) is 1. The van der Waals surface area contributed by atoms with Crippen molar-refractivity contribution in [2.24, 2.45) is 5.92 Å². The molecular weight excluding hydrogens is 456 g/mol. The maximum atomic E-state index is 11.9. The van der Waals surface area contributed by atoms with Gasteiger partial charge >= 0.3 is 0 Å². The Bertz CT molecular complexity index is 1150.